The zero-order valence-electron chi connectivity index (χ0n) is 19.5. The van der Waals surface area contributed by atoms with Crippen LogP contribution in [0.5, 0.6) is 0 Å². The number of amides is 1. The maximum atomic E-state index is 13.5. The number of carbonyl (C=O) groups is 1. The summed E-state index contributed by atoms with van der Waals surface area (Å²) in [6, 6.07) is 0.166. The van der Waals surface area contributed by atoms with E-state index in [2.05, 4.69) is 42.7 Å². The van der Waals surface area contributed by atoms with Crippen LogP contribution in [0.3, 0.4) is 0 Å². The molecule has 0 saturated carbocycles. The van der Waals surface area contributed by atoms with Crippen LogP contribution >= 0.6 is 0 Å². The molecule has 4 rings (SSSR count). The number of alkyl halides is 3. The van der Waals surface area contributed by atoms with Gasteiger partial charge in [0.1, 0.15) is 17.1 Å². The lowest BCUT2D eigenvalue weighted by molar-refractivity contribution is -0.137. The van der Waals surface area contributed by atoms with Gasteiger partial charge in [0.05, 0.1) is 12.3 Å². The van der Waals surface area contributed by atoms with Crippen molar-refractivity contribution >= 4 is 23.7 Å². The molecular formula is C21H28F3N9O2. The highest BCUT2D eigenvalue weighted by Crippen LogP contribution is 2.34. The van der Waals surface area contributed by atoms with Crippen LogP contribution in [-0.4, -0.2) is 80.6 Å². The Morgan fingerprint density at radius 2 is 1.97 bits per heavy atom. The molecular weight excluding hydrogens is 467 g/mol. The summed E-state index contributed by atoms with van der Waals surface area (Å²) in [5.41, 5.74) is -0.375. The van der Waals surface area contributed by atoms with Crippen LogP contribution in [0.4, 0.5) is 35.5 Å². The fourth-order valence-electron chi connectivity index (χ4n) is 3.88. The molecule has 0 unspecified atom stereocenters. The largest absolute Gasteiger partial charge is 0.421 e. The van der Waals surface area contributed by atoms with Gasteiger partial charge < -0.3 is 25.2 Å². The van der Waals surface area contributed by atoms with Crippen LogP contribution < -0.4 is 10.6 Å². The number of hydrogen-bond donors (Lipinski definition) is 2. The van der Waals surface area contributed by atoms with Crippen LogP contribution in [0.15, 0.2) is 18.5 Å². The molecule has 0 radical (unpaired) electrons. The molecule has 2 N–H and O–H groups in total. The Morgan fingerprint density at radius 3 is 2.69 bits per heavy atom. The number of nitrogens with zero attached hydrogens (tertiary/aromatic N) is 7. The lowest BCUT2D eigenvalue weighted by Gasteiger charge is -2.28. The summed E-state index contributed by atoms with van der Waals surface area (Å²) in [7, 11) is 2.07. The molecule has 2 aliphatic heterocycles. The summed E-state index contributed by atoms with van der Waals surface area (Å²) in [6.07, 6.45) is 0.856. The number of ether oxygens (including phenoxy) is 1. The quantitative estimate of drug-likeness (QED) is 0.533. The van der Waals surface area contributed by atoms with Crippen LogP contribution in [0.25, 0.3) is 0 Å². The molecule has 2 aliphatic rings. The summed E-state index contributed by atoms with van der Waals surface area (Å²) in [5, 5.41) is 14.6. The number of carbonyl (C=O) groups excluding carboxylic acids is 1. The fourth-order valence-corrected chi connectivity index (χ4v) is 3.88. The molecule has 4 heterocycles. The van der Waals surface area contributed by atoms with Crippen molar-refractivity contribution in [2.45, 2.75) is 38.4 Å². The number of hydrogen-bond acceptors (Lipinski definition) is 9. The Kier molecular flexibility index (Phi) is 7.38. The summed E-state index contributed by atoms with van der Waals surface area (Å²) >= 11 is 0. The molecule has 0 atom stereocenters. The van der Waals surface area contributed by atoms with Gasteiger partial charge in [-0.25, -0.2) is 9.78 Å². The maximum Gasteiger partial charge on any atom is 0.421 e. The standard InChI is InChI=1S/C21H28F3N9O2/c1-14-17(30-33(29-14)15-5-10-31(2)11-6-15)27-19-26-13-16(21(22,23)24)18(28-19)25-7-3-8-32-9-4-12-35-20(32)34/h4,12-13,15H,3,5-11H2,1-2H3,(H2,25,26,27,28,30). The van der Waals surface area contributed by atoms with Gasteiger partial charge in [0.2, 0.25) is 5.95 Å². The van der Waals surface area contributed by atoms with Crippen molar-refractivity contribution in [3.05, 3.63) is 29.8 Å². The van der Waals surface area contributed by atoms with Gasteiger partial charge in [-0.15, -0.1) is 5.10 Å². The minimum absolute atomic E-state index is 0.0243. The van der Waals surface area contributed by atoms with Crippen molar-refractivity contribution in [1.82, 2.24) is 34.8 Å². The summed E-state index contributed by atoms with van der Waals surface area (Å²) in [6.45, 7) is 4.55. The monoisotopic (exact) mass is 495 g/mol. The highest BCUT2D eigenvalue weighted by atomic mass is 19.4. The number of likely N-dealkylation sites (tertiary alicyclic amines) is 1. The molecule has 14 heteroatoms. The minimum atomic E-state index is -4.63. The van der Waals surface area contributed by atoms with Gasteiger partial charge >= 0.3 is 12.3 Å². The number of cyclic esters (lactones) is 1. The van der Waals surface area contributed by atoms with Gasteiger partial charge in [0, 0.05) is 25.8 Å². The number of aryl methyl sites for hydroxylation is 1. The van der Waals surface area contributed by atoms with E-state index in [4.69, 9.17) is 4.74 Å². The first-order valence-corrected chi connectivity index (χ1v) is 11.4. The van der Waals surface area contributed by atoms with Crippen molar-refractivity contribution in [3.63, 3.8) is 0 Å². The lowest BCUT2D eigenvalue weighted by atomic mass is 10.1. The third-order valence-electron chi connectivity index (χ3n) is 5.88. The molecule has 35 heavy (non-hydrogen) atoms. The van der Waals surface area contributed by atoms with E-state index in [-0.39, 0.29) is 24.4 Å². The molecule has 2 aromatic rings. The van der Waals surface area contributed by atoms with Crippen LogP contribution in [-0.2, 0) is 10.9 Å². The van der Waals surface area contributed by atoms with E-state index in [0.717, 1.165) is 32.1 Å². The average molecular weight is 496 g/mol. The molecule has 0 bridgehead atoms. The van der Waals surface area contributed by atoms with Gasteiger partial charge in [-0.1, -0.05) is 0 Å². The summed E-state index contributed by atoms with van der Waals surface area (Å²) < 4.78 is 45.3. The van der Waals surface area contributed by atoms with Gasteiger partial charge in [0.25, 0.3) is 0 Å². The highest BCUT2D eigenvalue weighted by molar-refractivity contribution is 5.69. The third kappa shape index (κ3) is 6.18. The smallest absolute Gasteiger partial charge is 0.418 e. The highest BCUT2D eigenvalue weighted by Gasteiger charge is 2.35. The summed E-state index contributed by atoms with van der Waals surface area (Å²) in [5.74, 6) is 0.0200. The van der Waals surface area contributed by atoms with E-state index < -0.39 is 17.8 Å². The number of anilines is 3. The second kappa shape index (κ2) is 10.5. The molecule has 1 fully saturated rings. The number of rotatable bonds is 8. The molecule has 1 saturated heterocycles. The molecule has 0 spiro atoms. The van der Waals surface area contributed by atoms with E-state index in [1.54, 1.807) is 17.8 Å². The Morgan fingerprint density at radius 1 is 1.20 bits per heavy atom. The molecule has 1 amide bonds. The van der Waals surface area contributed by atoms with E-state index in [0.29, 0.717) is 31.0 Å². The third-order valence-corrected chi connectivity index (χ3v) is 5.88. The van der Waals surface area contributed by atoms with Crippen molar-refractivity contribution in [2.75, 3.05) is 50.4 Å². The number of halogens is 3. The van der Waals surface area contributed by atoms with Crippen LogP contribution in [0.2, 0.25) is 0 Å². The minimum Gasteiger partial charge on any atom is -0.418 e. The zero-order chi connectivity index (χ0) is 25.0. The first-order valence-electron chi connectivity index (χ1n) is 11.4. The molecule has 2 aromatic heterocycles. The van der Waals surface area contributed by atoms with Crippen molar-refractivity contribution < 1.29 is 22.7 Å². The van der Waals surface area contributed by atoms with Gasteiger partial charge in [0.15, 0.2) is 5.82 Å². The average Bonchev–Trinajstić information content (AvgIpc) is 3.17. The van der Waals surface area contributed by atoms with Crippen molar-refractivity contribution in [1.29, 1.82) is 0 Å². The number of aromatic nitrogens is 5. The zero-order valence-corrected chi connectivity index (χ0v) is 19.5. The predicted octanol–water partition coefficient (Wildman–Crippen LogP) is 3.17. The van der Waals surface area contributed by atoms with E-state index in [1.807, 2.05) is 0 Å². The van der Waals surface area contributed by atoms with Gasteiger partial charge in [-0.2, -0.15) is 28.1 Å². The first kappa shape index (κ1) is 24.7. The Bertz CT molecular complexity index is 1060. The van der Waals surface area contributed by atoms with Crippen molar-refractivity contribution in [3.8, 4) is 0 Å². The Labute approximate surface area is 200 Å². The number of nitrogens with one attached hydrogen (secondary N) is 2. The van der Waals surface area contributed by atoms with Crippen LogP contribution in [0, 0.1) is 6.92 Å². The second-order valence-electron chi connectivity index (χ2n) is 8.55. The Balaban J connectivity index is 1.43. The molecule has 11 nitrogen and oxygen atoms in total. The van der Waals surface area contributed by atoms with E-state index in [9.17, 15) is 18.0 Å². The van der Waals surface area contributed by atoms with Crippen LogP contribution in [0.1, 0.15) is 36.6 Å². The van der Waals surface area contributed by atoms with E-state index in [1.165, 1.54) is 11.2 Å². The second-order valence-corrected chi connectivity index (χ2v) is 8.55. The van der Waals surface area contributed by atoms with Gasteiger partial charge in [-0.05, 0) is 52.4 Å². The summed E-state index contributed by atoms with van der Waals surface area (Å²) in [4.78, 5) is 24.9. The van der Waals surface area contributed by atoms with Crippen molar-refractivity contribution in [2.24, 2.45) is 0 Å². The topological polar surface area (TPSA) is 113 Å². The predicted molar refractivity (Wildman–Crippen MR) is 121 cm³/mol. The number of piperidine rings is 1. The Hall–Kier alpha value is -3.42. The molecule has 190 valence electrons. The lowest BCUT2D eigenvalue weighted by Crippen LogP contribution is -2.34. The SMILES string of the molecule is Cc1nn(C2CCN(C)CC2)nc1Nc1ncc(C(F)(F)F)c(NCCCN2CC=COC2=O)n1. The molecule has 0 aromatic carbocycles. The molecule has 0 aliphatic carbocycles. The fraction of sp³-hybridized carbons (Fsp3) is 0.571. The first-order chi connectivity index (χ1) is 16.7. The van der Waals surface area contributed by atoms with E-state index >= 15 is 0 Å². The normalized spacial score (nSPS) is 17.5. The van der Waals surface area contributed by atoms with Gasteiger partial charge in [-0.3, -0.25) is 0 Å². The maximum absolute atomic E-state index is 13.5.